The SMILES string of the molecule is C=CCN1C(N)=C(C(=O)OCC)C2(C(=O)OC(c3ccccc3)=C2C(=O)OCC)c2ccccc21. The van der Waals surface area contributed by atoms with E-state index in [1.165, 1.54) is 0 Å². The first-order valence-corrected chi connectivity index (χ1v) is 11.3. The lowest BCUT2D eigenvalue weighted by atomic mass is 9.66. The van der Waals surface area contributed by atoms with Crippen LogP contribution in [0.25, 0.3) is 5.76 Å². The van der Waals surface area contributed by atoms with Gasteiger partial charge < -0.3 is 24.8 Å². The molecule has 35 heavy (non-hydrogen) atoms. The molecule has 1 spiro atoms. The predicted molar refractivity (Wildman–Crippen MR) is 130 cm³/mol. The van der Waals surface area contributed by atoms with Gasteiger partial charge in [-0.2, -0.15) is 0 Å². The van der Waals surface area contributed by atoms with Crippen molar-refractivity contribution >= 4 is 29.4 Å². The van der Waals surface area contributed by atoms with Crippen LogP contribution in [0, 0.1) is 0 Å². The number of hydrogen-bond donors (Lipinski definition) is 1. The molecule has 0 bridgehead atoms. The van der Waals surface area contributed by atoms with E-state index >= 15 is 0 Å². The number of nitrogens with zero attached hydrogens (tertiary/aromatic N) is 1. The van der Waals surface area contributed by atoms with Gasteiger partial charge >= 0.3 is 17.9 Å². The third-order valence-corrected chi connectivity index (χ3v) is 5.93. The van der Waals surface area contributed by atoms with Crippen LogP contribution in [0.5, 0.6) is 0 Å². The molecule has 2 aliphatic heterocycles. The zero-order valence-electron chi connectivity index (χ0n) is 19.6. The molecule has 2 N–H and O–H groups in total. The van der Waals surface area contributed by atoms with Crippen LogP contribution >= 0.6 is 0 Å². The van der Waals surface area contributed by atoms with Crippen molar-refractivity contribution < 1.29 is 28.6 Å². The Labute approximate surface area is 203 Å². The summed E-state index contributed by atoms with van der Waals surface area (Å²) in [4.78, 5) is 42.6. The molecule has 0 saturated heterocycles. The summed E-state index contributed by atoms with van der Waals surface area (Å²) in [6.45, 7) is 7.41. The van der Waals surface area contributed by atoms with Crippen molar-refractivity contribution in [2.45, 2.75) is 19.3 Å². The van der Waals surface area contributed by atoms with Crippen LogP contribution in [0.3, 0.4) is 0 Å². The van der Waals surface area contributed by atoms with Crippen LogP contribution in [0.15, 0.2) is 84.2 Å². The van der Waals surface area contributed by atoms with Crippen LogP contribution < -0.4 is 10.6 Å². The van der Waals surface area contributed by atoms with Crippen molar-refractivity contribution in [3.63, 3.8) is 0 Å². The first-order valence-electron chi connectivity index (χ1n) is 11.3. The number of anilines is 1. The third kappa shape index (κ3) is 3.58. The summed E-state index contributed by atoms with van der Waals surface area (Å²) in [5, 5.41) is 0. The van der Waals surface area contributed by atoms with Crippen molar-refractivity contribution in [3.8, 4) is 0 Å². The van der Waals surface area contributed by atoms with E-state index in [1.54, 1.807) is 79.4 Å². The Morgan fingerprint density at radius 1 is 1.00 bits per heavy atom. The smallest absolute Gasteiger partial charge is 0.339 e. The van der Waals surface area contributed by atoms with E-state index in [2.05, 4.69) is 6.58 Å². The minimum absolute atomic E-state index is 0.00984. The number of nitrogens with two attached hydrogens (primary N) is 1. The van der Waals surface area contributed by atoms with E-state index in [0.717, 1.165) is 0 Å². The highest BCUT2D eigenvalue weighted by atomic mass is 16.6. The fourth-order valence-electron chi connectivity index (χ4n) is 4.61. The number of cyclic esters (lactones) is 1. The standard InChI is InChI=1S/C27H26N2O6/c1-4-16-29-19-15-11-10-14-18(19)27(21(23(29)28)25(31)34-6-3)20(24(30)33-5-2)22(35-26(27)32)17-12-8-7-9-13-17/h4,7-15H,1,5-6,16,28H2,2-3H3. The molecule has 2 aromatic rings. The Kier molecular flexibility index (Phi) is 6.46. The number of para-hydroxylation sites is 1. The largest absolute Gasteiger partial charge is 0.462 e. The van der Waals surface area contributed by atoms with Crippen LogP contribution in [-0.2, 0) is 34.0 Å². The van der Waals surface area contributed by atoms with Crippen LogP contribution in [0.2, 0.25) is 0 Å². The molecule has 2 aromatic carbocycles. The number of fused-ring (bicyclic) bond motifs is 2. The molecule has 0 amide bonds. The molecule has 2 aliphatic rings. The van der Waals surface area contributed by atoms with Gasteiger partial charge in [-0.15, -0.1) is 6.58 Å². The average Bonchev–Trinajstić information content (AvgIpc) is 3.16. The highest BCUT2D eigenvalue weighted by molar-refractivity contribution is 6.20. The van der Waals surface area contributed by atoms with E-state index < -0.39 is 23.3 Å². The van der Waals surface area contributed by atoms with Gasteiger partial charge in [0.1, 0.15) is 22.7 Å². The van der Waals surface area contributed by atoms with Crippen molar-refractivity contribution in [1.29, 1.82) is 0 Å². The zero-order chi connectivity index (χ0) is 25.2. The molecule has 1 atom stereocenters. The van der Waals surface area contributed by atoms with Crippen molar-refractivity contribution in [1.82, 2.24) is 0 Å². The van der Waals surface area contributed by atoms with Gasteiger partial charge in [0, 0.05) is 23.4 Å². The summed E-state index contributed by atoms with van der Waals surface area (Å²) >= 11 is 0. The Morgan fingerprint density at radius 3 is 2.23 bits per heavy atom. The highest BCUT2D eigenvalue weighted by Crippen LogP contribution is 2.55. The Balaban J connectivity index is 2.16. The van der Waals surface area contributed by atoms with Gasteiger partial charge in [-0.25, -0.2) is 14.4 Å². The monoisotopic (exact) mass is 474 g/mol. The van der Waals surface area contributed by atoms with Crippen molar-refractivity contribution in [2.75, 3.05) is 24.7 Å². The molecular weight excluding hydrogens is 448 g/mol. The van der Waals surface area contributed by atoms with Crippen LogP contribution in [0.1, 0.15) is 25.0 Å². The molecule has 8 nitrogen and oxygen atoms in total. The summed E-state index contributed by atoms with van der Waals surface area (Å²) in [5.41, 5.74) is 5.64. The molecule has 0 aromatic heterocycles. The lowest BCUT2D eigenvalue weighted by molar-refractivity contribution is -0.146. The maximum Gasteiger partial charge on any atom is 0.339 e. The summed E-state index contributed by atoms with van der Waals surface area (Å²) in [7, 11) is 0. The molecular formula is C27H26N2O6. The predicted octanol–water partition coefficient (Wildman–Crippen LogP) is 3.20. The van der Waals surface area contributed by atoms with Crippen molar-refractivity contribution in [3.05, 3.63) is 95.3 Å². The van der Waals surface area contributed by atoms with E-state index in [9.17, 15) is 14.4 Å². The minimum Gasteiger partial charge on any atom is -0.462 e. The minimum atomic E-state index is -1.98. The Hall–Kier alpha value is -4.33. The van der Waals surface area contributed by atoms with Gasteiger partial charge in [0.15, 0.2) is 5.41 Å². The molecule has 0 aliphatic carbocycles. The normalized spacial score (nSPS) is 18.9. The molecule has 0 radical (unpaired) electrons. The van der Waals surface area contributed by atoms with E-state index in [0.29, 0.717) is 16.8 Å². The molecule has 1 unspecified atom stereocenters. The summed E-state index contributed by atoms with van der Waals surface area (Å²) in [6.07, 6.45) is 1.62. The van der Waals surface area contributed by atoms with Gasteiger partial charge in [0.05, 0.1) is 13.2 Å². The van der Waals surface area contributed by atoms with E-state index in [4.69, 9.17) is 19.9 Å². The molecule has 4 rings (SSSR count). The van der Waals surface area contributed by atoms with Crippen molar-refractivity contribution in [2.24, 2.45) is 5.73 Å². The molecule has 180 valence electrons. The number of rotatable bonds is 7. The first-order chi connectivity index (χ1) is 16.9. The maximum atomic E-state index is 13.9. The quantitative estimate of drug-likeness (QED) is 0.370. The second kappa shape index (κ2) is 9.50. The fraction of sp³-hybridized carbons (Fsp3) is 0.222. The molecule has 8 heteroatoms. The summed E-state index contributed by atoms with van der Waals surface area (Å²) in [5.74, 6) is -2.48. The molecule has 0 fully saturated rings. The third-order valence-electron chi connectivity index (χ3n) is 5.93. The second-order valence-corrected chi connectivity index (χ2v) is 7.83. The number of esters is 3. The van der Waals surface area contributed by atoms with Gasteiger partial charge in [-0.1, -0.05) is 54.6 Å². The van der Waals surface area contributed by atoms with E-state index in [-0.39, 0.29) is 42.5 Å². The second-order valence-electron chi connectivity index (χ2n) is 7.83. The Morgan fingerprint density at radius 2 is 1.60 bits per heavy atom. The maximum absolute atomic E-state index is 13.9. The number of hydrogen-bond acceptors (Lipinski definition) is 8. The average molecular weight is 475 g/mol. The lowest BCUT2D eigenvalue weighted by Crippen LogP contribution is -2.50. The first kappa shape index (κ1) is 23.8. The number of ether oxygens (including phenoxy) is 3. The summed E-state index contributed by atoms with van der Waals surface area (Å²) in [6, 6.07) is 15.6. The topological polar surface area (TPSA) is 108 Å². The van der Waals surface area contributed by atoms with Crippen LogP contribution in [-0.4, -0.2) is 37.7 Å². The van der Waals surface area contributed by atoms with Gasteiger partial charge in [0.2, 0.25) is 0 Å². The number of carbonyl (C=O) groups is 3. The number of benzene rings is 2. The molecule has 2 heterocycles. The van der Waals surface area contributed by atoms with Crippen LogP contribution in [0.4, 0.5) is 5.69 Å². The molecule has 0 saturated carbocycles. The zero-order valence-corrected chi connectivity index (χ0v) is 19.6. The summed E-state index contributed by atoms with van der Waals surface area (Å²) < 4.78 is 16.5. The Bertz CT molecular complexity index is 1260. The highest BCUT2D eigenvalue weighted by Gasteiger charge is 2.64. The number of carbonyl (C=O) groups excluding carboxylic acids is 3. The van der Waals surface area contributed by atoms with Gasteiger partial charge in [-0.3, -0.25) is 0 Å². The van der Waals surface area contributed by atoms with E-state index in [1.807, 2.05) is 0 Å². The fourth-order valence-corrected chi connectivity index (χ4v) is 4.61. The van der Waals surface area contributed by atoms with Gasteiger partial charge in [0.25, 0.3) is 0 Å². The van der Waals surface area contributed by atoms with Gasteiger partial charge in [-0.05, 0) is 19.9 Å². The lowest BCUT2D eigenvalue weighted by Gasteiger charge is -2.40.